The highest BCUT2D eigenvalue weighted by Crippen LogP contribution is 1.75. The van der Waals surface area contributed by atoms with Gasteiger partial charge < -0.3 is 10.1 Å². The third kappa shape index (κ3) is 5.65. The Hall–Kier alpha value is -0.480. The third-order valence-electron chi connectivity index (χ3n) is 0.798. The Bertz CT molecular complexity index is 125. The van der Waals surface area contributed by atoms with Gasteiger partial charge in [0.25, 0.3) is 0 Å². The molecular formula is C6H11NO2S. The monoisotopic (exact) mass is 161 g/mol. The van der Waals surface area contributed by atoms with Crippen molar-refractivity contribution in [2.45, 2.75) is 0 Å². The van der Waals surface area contributed by atoms with Gasteiger partial charge in [0.15, 0.2) is 0 Å². The zero-order chi connectivity index (χ0) is 7.82. The van der Waals surface area contributed by atoms with E-state index in [9.17, 15) is 4.79 Å². The Balaban J connectivity index is 3.21. The zero-order valence-corrected chi connectivity index (χ0v) is 6.73. The van der Waals surface area contributed by atoms with Gasteiger partial charge in [-0.1, -0.05) is 6.08 Å². The number of hydrogen-bond donors (Lipinski definition) is 2. The molecule has 0 unspecified atom stereocenters. The van der Waals surface area contributed by atoms with E-state index in [1.807, 2.05) is 0 Å². The molecule has 1 amide bonds. The van der Waals surface area contributed by atoms with Gasteiger partial charge >= 0.3 is 0 Å². The fourth-order valence-electron chi connectivity index (χ4n) is 0.408. The first kappa shape index (κ1) is 9.52. The van der Waals surface area contributed by atoms with Gasteiger partial charge in [0.05, 0.1) is 0 Å². The van der Waals surface area contributed by atoms with Crippen molar-refractivity contribution in [2.75, 3.05) is 20.3 Å². The highest BCUT2D eigenvalue weighted by molar-refractivity contribution is 7.83. The summed E-state index contributed by atoms with van der Waals surface area (Å²) >= 11 is 3.81. The molecule has 0 aliphatic heterocycles. The molecule has 58 valence electrons. The molecule has 0 atom stereocenters. The van der Waals surface area contributed by atoms with E-state index < -0.39 is 0 Å². The maximum absolute atomic E-state index is 10.6. The van der Waals surface area contributed by atoms with E-state index in [0.717, 1.165) is 0 Å². The summed E-state index contributed by atoms with van der Waals surface area (Å²) in [5.41, 5.74) is 0. The average Bonchev–Trinajstić information content (AvgIpc) is 1.89. The van der Waals surface area contributed by atoms with Crippen LogP contribution < -0.4 is 5.32 Å². The van der Waals surface area contributed by atoms with Crippen LogP contribution in [0.1, 0.15) is 0 Å². The minimum Gasteiger partial charge on any atom is -0.375 e. The molecule has 1 N–H and O–H groups in total. The van der Waals surface area contributed by atoms with E-state index in [1.165, 1.54) is 7.11 Å². The molecule has 4 heteroatoms. The third-order valence-corrected chi connectivity index (χ3v) is 1.01. The molecule has 0 aromatic rings. The lowest BCUT2D eigenvalue weighted by Gasteiger charge is -1.98. The molecule has 0 aliphatic rings. The van der Waals surface area contributed by atoms with Gasteiger partial charge in [-0.15, -0.1) is 0 Å². The quantitative estimate of drug-likeness (QED) is 0.578. The lowest BCUT2D eigenvalue weighted by Crippen LogP contribution is -2.26. The Labute approximate surface area is 65.9 Å². The number of ether oxygens (including phenoxy) is 1. The fourth-order valence-corrected chi connectivity index (χ4v) is 0.513. The van der Waals surface area contributed by atoms with E-state index in [-0.39, 0.29) is 12.5 Å². The first-order valence-electron chi connectivity index (χ1n) is 2.86. The minimum atomic E-state index is -0.117. The van der Waals surface area contributed by atoms with Crippen molar-refractivity contribution >= 4 is 18.5 Å². The van der Waals surface area contributed by atoms with Crippen molar-refractivity contribution in [3.05, 3.63) is 11.5 Å². The number of carbonyl (C=O) groups excluding carboxylic acids is 1. The second kappa shape index (κ2) is 6.64. The molecular weight excluding hydrogens is 150 g/mol. The summed E-state index contributed by atoms with van der Waals surface area (Å²) in [5.74, 6) is -0.117. The number of carbonyl (C=O) groups is 1. The summed E-state index contributed by atoms with van der Waals surface area (Å²) in [5, 5.41) is 4.16. The smallest absolute Gasteiger partial charge is 0.246 e. The number of thiol groups is 1. The van der Waals surface area contributed by atoms with Crippen LogP contribution in [-0.4, -0.2) is 26.2 Å². The maximum Gasteiger partial charge on any atom is 0.246 e. The molecule has 0 aromatic heterocycles. The van der Waals surface area contributed by atoms with Gasteiger partial charge in [0, 0.05) is 13.7 Å². The van der Waals surface area contributed by atoms with Crippen LogP contribution in [0.3, 0.4) is 0 Å². The van der Waals surface area contributed by atoms with Crippen LogP contribution in [-0.2, 0) is 9.53 Å². The van der Waals surface area contributed by atoms with Gasteiger partial charge in [0.2, 0.25) is 5.91 Å². The summed E-state index contributed by atoms with van der Waals surface area (Å²) in [6.45, 7) is 0.617. The molecule has 0 radical (unpaired) electrons. The Morgan fingerprint density at radius 2 is 2.50 bits per heavy atom. The second-order valence-corrected chi connectivity index (χ2v) is 1.92. The van der Waals surface area contributed by atoms with Gasteiger partial charge in [-0.05, 0) is 5.41 Å². The van der Waals surface area contributed by atoms with Crippen molar-refractivity contribution < 1.29 is 9.53 Å². The number of methoxy groups -OCH3 is 1. The lowest BCUT2D eigenvalue weighted by molar-refractivity contribution is -0.124. The predicted octanol–water partition coefficient (Wildman–Crippen LogP) is 0.193. The molecule has 3 nitrogen and oxygen atoms in total. The topological polar surface area (TPSA) is 38.3 Å². The SMILES string of the molecule is COCC(=O)NC/C=C/S. The Morgan fingerprint density at radius 3 is 3.00 bits per heavy atom. The van der Waals surface area contributed by atoms with Crippen LogP contribution in [0, 0.1) is 0 Å². The highest BCUT2D eigenvalue weighted by atomic mass is 32.1. The van der Waals surface area contributed by atoms with E-state index >= 15 is 0 Å². The first-order chi connectivity index (χ1) is 4.81. The van der Waals surface area contributed by atoms with E-state index in [0.29, 0.717) is 6.54 Å². The summed E-state index contributed by atoms with van der Waals surface area (Å²) in [6, 6.07) is 0. The van der Waals surface area contributed by atoms with E-state index in [2.05, 4.69) is 22.7 Å². The molecule has 0 aromatic carbocycles. The van der Waals surface area contributed by atoms with Crippen LogP contribution in [0.15, 0.2) is 11.5 Å². The van der Waals surface area contributed by atoms with Crippen molar-refractivity contribution in [1.29, 1.82) is 0 Å². The normalized spacial score (nSPS) is 10.2. The minimum absolute atomic E-state index is 0.112. The van der Waals surface area contributed by atoms with Crippen molar-refractivity contribution in [3.8, 4) is 0 Å². The van der Waals surface area contributed by atoms with E-state index in [1.54, 1.807) is 11.5 Å². The van der Waals surface area contributed by atoms with Gasteiger partial charge in [0.1, 0.15) is 6.61 Å². The summed E-state index contributed by atoms with van der Waals surface area (Å²) in [7, 11) is 1.48. The summed E-state index contributed by atoms with van der Waals surface area (Å²) in [6.07, 6.45) is 1.73. The lowest BCUT2D eigenvalue weighted by atomic mass is 10.5. The molecule has 0 bridgehead atoms. The number of nitrogens with one attached hydrogen (secondary N) is 1. The van der Waals surface area contributed by atoms with Crippen molar-refractivity contribution in [1.82, 2.24) is 5.32 Å². The molecule has 0 fully saturated rings. The first-order valence-corrected chi connectivity index (χ1v) is 3.37. The van der Waals surface area contributed by atoms with Gasteiger partial charge in [-0.3, -0.25) is 4.79 Å². The van der Waals surface area contributed by atoms with Crippen molar-refractivity contribution in [2.24, 2.45) is 0 Å². The van der Waals surface area contributed by atoms with Crippen LogP contribution in [0.5, 0.6) is 0 Å². The molecule has 0 saturated carbocycles. The fraction of sp³-hybridized carbons (Fsp3) is 0.500. The molecule has 0 aliphatic carbocycles. The second-order valence-electron chi connectivity index (χ2n) is 1.62. The van der Waals surface area contributed by atoms with Crippen LogP contribution >= 0.6 is 12.6 Å². The molecule has 0 saturated heterocycles. The summed E-state index contributed by atoms with van der Waals surface area (Å²) in [4.78, 5) is 10.6. The Kier molecular flexibility index (Phi) is 6.32. The summed E-state index contributed by atoms with van der Waals surface area (Å²) < 4.78 is 4.58. The van der Waals surface area contributed by atoms with Gasteiger partial charge in [-0.2, -0.15) is 12.6 Å². The van der Waals surface area contributed by atoms with Crippen molar-refractivity contribution in [3.63, 3.8) is 0 Å². The molecule has 0 spiro atoms. The number of hydrogen-bond acceptors (Lipinski definition) is 3. The van der Waals surface area contributed by atoms with Crippen LogP contribution in [0.2, 0.25) is 0 Å². The predicted molar refractivity (Wildman–Crippen MR) is 43.0 cm³/mol. The molecule has 10 heavy (non-hydrogen) atoms. The largest absolute Gasteiger partial charge is 0.375 e. The van der Waals surface area contributed by atoms with Crippen LogP contribution in [0.25, 0.3) is 0 Å². The number of amides is 1. The van der Waals surface area contributed by atoms with Gasteiger partial charge in [-0.25, -0.2) is 0 Å². The zero-order valence-electron chi connectivity index (χ0n) is 5.83. The highest BCUT2D eigenvalue weighted by Gasteiger charge is 1.94. The maximum atomic E-state index is 10.6. The Morgan fingerprint density at radius 1 is 1.80 bits per heavy atom. The standard InChI is InChI=1S/C6H11NO2S/c1-9-5-6(8)7-3-2-4-10/h2,4,10H,3,5H2,1H3,(H,7,8)/b4-2+. The number of rotatable bonds is 4. The average molecular weight is 161 g/mol. The molecule has 0 rings (SSSR count). The van der Waals surface area contributed by atoms with E-state index in [4.69, 9.17) is 0 Å². The van der Waals surface area contributed by atoms with Crippen LogP contribution in [0.4, 0.5) is 0 Å². The molecule has 0 heterocycles.